The van der Waals surface area contributed by atoms with Crippen LogP contribution in [0.5, 0.6) is 0 Å². The lowest BCUT2D eigenvalue weighted by molar-refractivity contribution is 0.300. The zero-order valence-corrected chi connectivity index (χ0v) is 11.2. The zero-order valence-electron chi connectivity index (χ0n) is 11.2. The van der Waals surface area contributed by atoms with Crippen molar-refractivity contribution in [1.29, 1.82) is 5.26 Å². The third kappa shape index (κ3) is 4.27. The van der Waals surface area contributed by atoms with Crippen molar-refractivity contribution < 1.29 is 0 Å². The van der Waals surface area contributed by atoms with Crippen molar-refractivity contribution >= 4 is 11.4 Å². The van der Waals surface area contributed by atoms with E-state index in [9.17, 15) is 0 Å². The monoisotopic (exact) mass is 246 g/mol. The van der Waals surface area contributed by atoms with Gasteiger partial charge in [-0.1, -0.05) is 13.8 Å². The molecule has 4 heteroatoms. The van der Waals surface area contributed by atoms with E-state index in [1.165, 1.54) is 6.42 Å². The average molecular weight is 246 g/mol. The summed E-state index contributed by atoms with van der Waals surface area (Å²) >= 11 is 0. The summed E-state index contributed by atoms with van der Waals surface area (Å²) in [4.78, 5) is 2.40. The first-order valence-electron chi connectivity index (χ1n) is 6.47. The van der Waals surface area contributed by atoms with E-state index in [1.807, 2.05) is 12.1 Å². The molecule has 0 radical (unpaired) electrons. The molecular weight excluding hydrogens is 224 g/mol. The number of rotatable bonds is 7. The second-order valence-corrected chi connectivity index (χ2v) is 4.27. The highest BCUT2D eigenvalue weighted by Crippen LogP contribution is 2.16. The highest BCUT2D eigenvalue weighted by Gasteiger charge is 2.02. The van der Waals surface area contributed by atoms with Crippen molar-refractivity contribution in [2.24, 2.45) is 0 Å². The van der Waals surface area contributed by atoms with Crippen molar-refractivity contribution in [3.63, 3.8) is 0 Å². The zero-order chi connectivity index (χ0) is 13.4. The number of nitrogens with two attached hydrogens (primary N) is 1. The number of nitrogen functional groups attached to an aromatic ring is 1. The summed E-state index contributed by atoms with van der Waals surface area (Å²) in [5.74, 6) is 0. The highest BCUT2D eigenvalue weighted by atomic mass is 15.1. The van der Waals surface area contributed by atoms with Gasteiger partial charge in [0.2, 0.25) is 0 Å². The molecule has 0 unspecified atom stereocenters. The largest absolute Gasteiger partial charge is 0.398 e. The molecule has 0 spiro atoms. The van der Waals surface area contributed by atoms with Crippen LogP contribution in [0.25, 0.3) is 0 Å². The van der Waals surface area contributed by atoms with Crippen LogP contribution < -0.4 is 11.1 Å². The Bertz CT molecular complexity index is 409. The molecule has 18 heavy (non-hydrogen) atoms. The second kappa shape index (κ2) is 7.57. The van der Waals surface area contributed by atoms with Gasteiger partial charge in [0.25, 0.3) is 0 Å². The fourth-order valence-corrected chi connectivity index (χ4v) is 1.88. The van der Waals surface area contributed by atoms with E-state index < -0.39 is 0 Å². The Morgan fingerprint density at radius 1 is 1.33 bits per heavy atom. The molecule has 1 rings (SSSR count). The average Bonchev–Trinajstić information content (AvgIpc) is 2.38. The lowest BCUT2D eigenvalue weighted by atomic mass is 10.2. The summed E-state index contributed by atoms with van der Waals surface area (Å²) in [7, 11) is 0. The van der Waals surface area contributed by atoms with Gasteiger partial charge in [0.1, 0.15) is 6.07 Å². The first-order valence-corrected chi connectivity index (χ1v) is 6.47. The summed E-state index contributed by atoms with van der Waals surface area (Å²) < 4.78 is 0. The number of benzene rings is 1. The van der Waals surface area contributed by atoms with E-state index in [-0.39, 0.29) is 0 Å². The van der Waals surface area contributed by atoms with Crippen LogP contribution in [0.2, 0.25) is 0 Å². The van der Waals surface area contributed by atoms with Crippen LogP contribution in [-0.4, -0.2) is 31.1 Å². The number of likely N-dealkylation sites (N-methyl/N-ethyl adjacent to an activating group) is 1. The normalized spacial score (nSPS) is 10.3. The van der Waals surface area contributed by atoms with Crippen molar-refractivity contribution in [2.45, 2.75) is 20.3 Å². The Hall–Kier alpha value is -1.73. The Morgan fingerprint density at radius 3 is 2.67 bits per heavy atom. The summed E-state index contributed by atoms with van der Waals surface area (Å²) in [5.41, 5.74) is 7.80. The van der Waals surface area contributed by atoms with Crippen molar-refractivity contribution in [1.82, 2.24) is 4.90 Å². The van der Waals surface area contributed by atoms with Crippen molar-refractivity contribution in [2.75, 3.05) is 37.2 Å². The molecule has 0 amide bonds. The maximum atomic E-state index is 8.79. The molecule has 0 saturated heterocycles. The van der Waals surface area contributed by atoms with Gasteiger partial charge >= 0.3 is 0 Å². The van der Waals surface area contributed by atoms with E-state index >= 15 is 0 Å². The summed E-state index contributed by atoms with van der Waals surface area (Å²) in [6, 6.07) is 7.52. The highest BCUT2D eigenvalue weighted by molar-refractivity contribution is 5.62. The van der Waals surface area contributed by atoms with Crippen LogP contribution in [0.15, 0.2) is 18.2 Å². The van der Waals surface area contributed by atoms with Crippen LogP contribution in [0.3, 0.4) is 0 Å². The van der Waals surface area contributed by atoms with Crippen LogP contribution >= 0.6 is 0 Å². The van der Waals surface area contributed by atoms with Gasteiger partial charge in [0, 0.05) is 18.8 Å². The predicted octanol–water partition coefficient (Wildman–Crippen LogP) is 2.28. The minimum Gasteiger partial charge on any atom is -0.398 e. The Morgan fingerprint density at radius 2 is 2.11 bits per heavy atom. The molecule has 0 fully saturated rings. The molecule has 0 bridgehead atoms. The molecule has 0 aliphatic heterocycles. The van der Waals surface area contributed by atoms with Gasteiger partial charge in [-0.2, -0.15) is 5.26 Å². The van der Waals surface area contributed by atoms with Gasteiger partial charge in [-0.25, -0.2) is 0 Å². The van der Waals surface area contributed by atoms with Gasteiger partial charge in [-0.3, -0.25) is 0 Å². The van der Waals surface area contributed by atoms with E-state index in [2.05, 4.69) is 30.1 Å². The molecule has 0 heterocycles. The molecule has 0 atom stereocenters. The Balaban J connectivity index is 2.44. The molecule has 1 aromatic carbocycles. The number of nitriles is 1. The number of nitrogens with zero attached hydrogens (tertiary/aromatic N) is 2. The molecule has 4 nitrogen and oxygen atoms in total. The van der Waals surface area contributed by atoms with E-state index in [1.54, 1.807) is 6.07 Å². The number of hydrogen-bond acceptors (Lipinski definition) is 4. The molecule has 3 N–H and O–H groups in total. The van der Waals surface area contributed by atoms with Gasteiger partial charge in [0.05, 0.1) is 11.3 Å². The second-order valence-electron chi connectivity index (χ2n) is 4.27. The van der Waals surface area contributed by atoms with Crippen LogP contribution in [0.1, 0.15) is 25.8 Å². The molecule has 0 saturated carbocycles. The standard InChI is InChI=1S/C14H22N4/c1-3-8-18(4-2)9-7-17-13-6-5-12(11-15)14(16)10-13/h5-6,10,17H,3-4,7-9,16H2,1-2H3. The Kier molecular flexibility index (Phi) is 6.03. The Labute approximate surface area is 109 Å². The number of anilines is 2. The smallest absolute Gasteiger partial charge is 0.101 e. The SMILES string of the molecule is CCCN(CC)CCNc1ccc(C#N)c(N)c1. The molecule has 0 aromatic heterocycles. The molecule has 1 aromatic rings. The lowest BCUT2D eigenvalue weighted by Gasteiger charge is -2.20. The molecule has 0 aliphatic carbocycles. The third-order valence-corrected chi connectivity index (χ3v) is 2.92. The topological polar surface area (TPSA) is 65.1 Å². The lowest BCUT2D eigenvalue weighted by Crippen LogP contribution is -2.29. The summed E-state index contributed by atoms with van der Waals surface area (Å²) in [6.07, 6.45) is 1.18. The minimum absolute atomic E-state index is 0.529. The number of hydrogen-bond donors (Lipinski definition) is 2. The molecule has 0 aliphatic rings. The van der Waals surface area contributed by atoms with Crippen molar-refractivity contribution in [3.05, 3.63) is 23.8 Å². The van der Waals surface area contributed by atoms with E-state index in [4.69, 9.17) is 11.0 Å². The van der Waals surface area contributed by atoms with E-state index in [0.29, 0.717) is 11.3 Å². The summed E-state index contributed by atoms with van der Waals surface area (Å²) in [6.45, 7) is 8.48. The first-order chi connectivity index (χ1) is 8.71. The number of nitrogens with one attached hydrogen (secondary N) is 1. The quantitative estimate of drug-likeness (QED) is 0.724. The van der Waals surface area contributed by atoms with Crippen LogP contribution in [0.4, 0.5) is 11.4 Å². The fourth-order valence-electron chi connectivity index (χ4n) is 1.88. The maximum Gasteiger partial charge on any atom is 0.101 e. The fraction of sp³-hybridized carbons (Fsp3) is 0.500. The minimum atomic E-state index is 0.529. The van der Waals surface area contributed by atoms with Gasteiger partial charge < -0.3 is 16.0 Å². The van der Waals surface area contributed by atoms with E-state index in [0.717, 1.165) is 31.9 Å². The molecule has 98 valence electrons. The van der Waals surface area contributed by atoms with Gasteiger partial charge in [0.15, 0.2) is 0 Å². The summed E-state index contributed by atoms with van der Waals surface area (Å²) in [5, 5.41) is 12.1. The predicted molar refractivity (Wildman–Crippen MR) is 76.5 cm³/mol. The third-order valence-electron chi connectivity index (χ3n) is 2.92. The van der Waals surface area contributed by atoms with Crippen LogP contribution in [0, 0.1) is 11.3 Å². The van der Waals surface area contributed by atoms with Gasteiger partial charge in [-0.05, 0) is 37.7 Å². The first kappa shape index (κ1) is 14.3. The maximum absolute atomic E-state index is 8.79. The van der Waals surface area contributed by atoms with Crippen LogP contribution in [-0.2, 0) is 0 Å². The van der Waals surface area contributed by atoms with Gasteiger partial charge in [-0.15, -0.1) is 0 Å². The molecular formula is C14H22N4. The van der Waals surface area contributed by atoms with Crippen molar-refractivity contribution in [3.8, 4) is 6.07 Å².